The summed E-state index contributed by atoms with van der Waals surface area (Å²) in [6, 6.07) is 19.7. The van der Waals surface area contributed by atoms with Crippen molar-refractivity contribution in [2.24, 2.45) is 0 Å². The molecule has 0 radical (unpaired) electrons. The van der Waals surface area contributed by atoms with Crippen LogP contribution in [0.3, 0.4) is 0 Å². The summed E-state index contributed by atoms with van der Waals surface area (Å²) < 4.78 is 14.2. The molecule has 1 fully saturated rings. The number of pyridine rings is 1. The van der Waals surface area contributed by atoms with Crippen molar-refractivity contribution in [3.8, 4) is 22.4 Å². The lowest BCUT2D eigenvalue weighted by atomic mass is 9.93. The zero-order chi connectivity index (χ0) is 16.4. The van der Waals surface area contributed by atoms with Crippen LogP contribution in [-0.2, 0) is 0 Å². The Labute approximate surface area is 142 Å². The molecule has 0 aliphatic heterocycles. The molecular weight excluding hydrogens is 297 g/mol. The van der Waals surface area contributed by atoms with Gasteiger partial charge >= 0.3 is 0 Å². The van der Waals surface area contributed by atoms with Gasteiger partial charge in [-0.05, 0) is 48.1 Å². The Kier molecular flexibility index (Phi) is 4.12. The molecule has 1 aliphatic rings. The van der Waals surface area contributed by atoms with Crippen LogP contribution in [0.25, 0.3) is 22.4 Å². The molecular formula is C22H20FN. The Morgan fingerprint density at radius 2 is 1.54 bits per heavy atom. The van der Waals surface area contributed by atoms with Crippen LogP contribution in [-0.4, -0.2) is 4.98 Å². The summed E-state index contributed by atoms with van der Waals surface area (Å²) in [5.41, 5.74) is 5.02. The van der Waals surface area contributed by atoms with Crippen molar-refractivity contribution < 1.29 is 4.39 Å². The van der Waals surface area contributed by atoms with Gasteiger partial charge in [-0.1, -0.05) is 55.3 Å². The van der Waals surface area contributed by atoms with E-state index in [0.29, 0.717) is 5.92 Å². The van der Waals surface area contributed by atoms with Crippen molar-refractivity contribution in [2.75, 3.05) is 0 Å². The molecule has 0 spiro atoms. The van der Waals surface area contributed by atoms with Crippen LogP contribution in [0.5, 0.6) is 0 Å². The van der Waals surface area contributed by atoms with Crippen LogP contribution in [0.2, 0.25) is 0 Å². The fraction of sp³-hybridized carbons (Fsp3) is 0.227. The van der Waals surface area contributed by atoms with Crippen molar-refractivity contribution in [1.29, 1.82) is 0 Å². The second kappa shape index (κ2) is 6.56. The molecule has 1 heterocycles. The summed E-state index contributed by atoms with van der Waals surface area (Å²) in [6.45, 7) is 0. The molecule has 0 unspecified atom stereocenters. The molecule has 0 saturated heterocycles. The van der Waals surface area contributed by atoms with Gasteiger partial charge in [0.2, 0.25) is 0 Å². The second-order valence-corrected chi connectivity index (χ2v) is 6.52. The van der Waals surface area contributed by atoms with Crippen molar-refractivity contribution in [3.05, 3.63) is 78.2 Å². The van der Waals surface area contributed by atoms with E-state index in [1.54, 1.807) is 6.07 Å². The first-order valence-electron chi connectivity index (χ1n) is 8.62. The van der Waals surface area contributed by atoms with Gasteiger partial charge in [0, 0.05) is 17.3 Å². The fourth-order valence-electron chi connectivity index (χ4n) is 3.62. The van der Waals surface area contributed by atoms with E-state index in [1.807, 2.05) is 42.6 Å². The highest BCUT2D eigenvalue weighted by Gasteiger charge is 2.20. The van der Waals surface area contributed by atoms with Crippen molar-refractivity contribution >= 4 is 0 Å². The lowest BCUT2D eigenvalue weighted by Crippen LogP contribution is -1.97. The van der Waals surface area contributed by atoms with E-state index in [4.69, 9.17) is 0 Å². The molecule has 0 amide bonds. The zero-order valence-electron chi connectivity index (χ0n) is 13.6. The lowest BCUT2D eigenvalue weighted by molar-refractivity contribution is 0.580. The molecule has 2 aromatic carbocycles. The van der Waals surface area contributed by atoms with Crippen LogP contribution >= 0.6 is 0 Å². The van der Waals surface area contributed by atoms with E-state index >= 15 is 0 Å². The molecule has 0 bridgehead atoms. The average Bonchev–Trinajstić information content (AvgIpc) is 3.18. The average molecular weight is 317 g/mol. The minimum Gasteiger partial charge on any atom is -0.256 e. The largest absolute Gasteiger partial charge is 0.256 e. The van der Waals surface area contributed by atoms with Gasteiger partial charge in [-0.2, -0.15) is 0 Å². The molecule has 2 heteroatoms. The van der Waals surface area contributed by atoms with Gasteiger partial charge in [0.1, 0.15) is 5.82 Å². The summed E-state index contributed by atoms with van der Waals surface area (Å²) in [5.74, 6) is 0.306. The minimum atomic E-state index is -0.0699. The van der Waals surface area contributed by atoms with E-state index < -0.39 is 0 Å². The van der Waals surface area contributed by atoms with Gasteiger partial charge in [0.05, 0.1) is 5.69 Å². The first-order valence-corrected chi connectivity index (χ1v) is 8.62. The minimum absolute atomic E-state index is 0.0699. The lowest BCUT2D eigenvalue weighted by Gasteiger charge is -2.13. The van der Waals surface area contributed by atoms with Crippen molar-refractivity contribution in [2.45, 2.75) is 31.6 Å². The SMILES string of the molecule is Fc1ccc(-c2ccc(-c3ccccc3)nc2)cc1C1CCCC1. The Bertz CT molecular complexity index is 818. The molecule has 0 atom stereocenters. The Morgan fingerprint density at radius 1 is 0.792 bits per heavy atom. The third-order valence-corrected chi connectivity index (χ3v) is 4.96. The van der Waals surface area contributed by atoms with Gasteiger partial charge in [-0.15, -0.1) is 0 Å². The quantitative estimate of drug-likeness (QED) is 0.559. The number of rotatable bonds is 3. The van der Waals surface area contributed by atoms with Gasteiger partial charge in [0.25, 0.3) is 0 Å². The van der Waals surface area contributed by atoms with Gasteiger partial charge in [-0.3, -0.25) is 4.98 Å². The summed E-state index contributed by atoms with van der Waals surface area (Å²) in [7, 11) is 0. The monoisotopic (exact) mass is 317 g/mol. The van der Waals surface area contributed by atoms with Crippen LogP contribution in [0, 0.1) is 5.82 Å². The summed E-state index contributed by atoms with van der Waals surface area (Å²) in [6.07, 6.45) is 6.51. The molecule has 3 aromatic rings. The topological polar surface area (TPSA) is 12.9 Å². The van der Waals surface area contributed by atoms with Gasteiger partial charge < -0.3 is 0 Å². The van der Waals surface area contributed by atoms with Crippen molar-refractivity contribution in [1.82, 2.24) is 4.98 Å². The second-order valence-electron chi connectivity index (χ2n) is 6.52. The third kappa shape index (κ3) is 2.96. The number of halogens is 1. The van der Waals surface area contributed by atoms with E-state index in [-0.39, 0.29) is 5.82 Å². The first-order chi connectivity index (χ1) is 11.8. The van der Waals surface area contributed by atoms with Crippen LogP contribution in [0.4, 0.5) is 4.39 Å². The standard InChI is InChI=1S/C22H20FN/c23-21-12-10-18(14-20(21)16-6-4-5-7-16)19-11-13-22(24-15-19)17-8-2-1-3-9-17/h1-3,8-16H,4-7H2. The number of hydrogen-bond donors (Lipinski definition) is 0. The van der Waals surface area contributed by atoms with E-state index in [9.17, 15) is 4.39 Å². The van der Waals surface area contributed by atoms with E-state index in [2.05, 4.69) is 23.2 Å². The van der Waals surface area contributed by atoms with Crippen molar-refractivity contribution in [3.63, 3.8) is 0 Å². The Morgan fingerprint density at radius 3 is 2.25 bits per heavy atom. The molecule has 1 aromatic heterocycles. The molecule has 0 N–H and O–H groups in total. The molecule has 4 rings (SSSR count). The Hall–Kier alpha value is -2.48. The maximum atomic E-state index is 14.2. The predicted molar refractivity (Wildman–Crippen MR) is 96.3 cm³/mol. The van der Waals surface area contributed by atoms with Crippen LogP contribution in [0.15, 0.2) is 66.9 Å². The number of nitrogens with zero attached hydrogens (tertiary/aromatic N) is 1. The smallest absolute Gasteiger partial charge is 0.126 e. The van der Waals surface area contributed by atoms with Gasteiger partial charge in [0.15, 0.2) is 0 Å². The molecule has 1 aliphatic carbocycles. The fourth-order valence-corrected chi connectivity index (χ4v) is 3.62. The summed E-state index contributed by atoms with van der Waals surface area (Å²) in [5, 5.41) is 0. The first kappa shape index (κ1) is 15.1. The highest BCUT2D eigenvalue weighted by Crippen LogP contribution is 2.37. The predicted octanol–water partition coefficient (Wildman–Crippen LogP) is 6.21. The maximum absolute atomic E-state index is 14.2. The van der Waals surface area contributed by atoms with Crippen LogP contribution < -0.4 is 0 Å². The number of aromatic nitrogens is 1. The highest BCUT2D eigenvalue weighted by atomic mass is 19.1. The number of benzene rings is 2. The summed E-state index contributed by atoms with van der Waals surface area (Å²) >= 11 is 0. The molecule has 1 saturated carbocycles. The van der Waals surface area contributed by atoms with Gasteiger partial charge in [-0.25, -0.2) is 4.39 Å². The zero-order valence-corrected chi connectivity index (χ0v) is 13.6. The Balaban J connectivity index is 1.65. The summed E-state index contributed by atoms with van der Waals surface area (Å²) in [4.78, 5) is 4.58. The van der Waals surface area contributed by atoms with E-state index in [0.717, 1.165) is 40.8 Å². The normalized spacial score (nSPS) is 14.9. The molecule has 120 valence electrons. The third-order valence-electron chi connectivity index (χ3n) is 4.96. The highest BCUT2D eigenvalue weighted by molar-refractivity contribution is 5.67. The molecule has 1 nitrogen and oxygen atoms in total. The maximum Gasteiger partial charge on any atom is 0.126 e. The number of hydrogen-bond acceptors (Lipinski definition) is 1. The van der Waals surface area contributed by atoms with Crippen LogP contribution in [0.1, 0.15) is 37.2 Å². The van der Waals surface area contributed by atoms with E-state index in [1.165, 1.54) is 12.8 Å². The molecule has 24 heavy (non-hydrogen) atoms.